The number of hydrogen-bond acceptors (Lipinski definition) is 6. The summed E-state index contributed by atoms with van der Waals surface area (Å²) in [6.45, 7) is 3.75. The summed E-state index contributed by atoms with van der Waals surface area (Å²) in [4.78, 5) is 9.71. The Morgan fingerprint density at radius 1 is 0.889 bits per heavy atom. The van der Waals surface area contributed by atoms with E-state index < -0.39 is 0 Å². The number of anilines is 3. The van der Waals surface area contributed by atoms with Crippen molar-refractivity contribution in [3.05, 3.63) is 64.9 Å². The smallest absolute Gasteiger partial charge is 0.139 e. The number of phenols is 1. The van der Waals surface area contributed by atoms with E-state index in [1.165, 1.54) is 5.69 Å². The van der Waals surface area contributed by atoms with Crippen LogP contribution in [0.15, 0.2) is 64.3 Å². The van der Waals surface area contributed by atoms with Crippen LogP contribution in [0, 0.1) is 0 Å². The van der Waals surface area contributed by atoms with Gasteiger partial charge in [0.05, 0.1) is 22.6 Å². The standard InChI is InChI=1S/C21H20N4OS/c26-16-6-7-18-19(12-16)23-21(17-13-27-14-20(17)22-18)25-10-8-24(9-11-25)15-4-2-1-3-5-15/h1-7,12-14,22,26H,8-11H2. The van der Waals surface area contributed by atoms with Crippen LogP contribution in [-0.2, 0) is 0 Å². The number of nitrogens with zero attached hydrogens (tertiary/aromatic N) is 3. The van der Waals surface area contributed by atoms with Gasteiger partial charge in [0.1, 0.15) is 11.6 Å². The molecule has 2 aliphatic rings. The van der Waals surface area contributed by atoms with Crippen LogP contribution in [0.1, 0.15) is 5.56 Å². The number of piperazine rings is 1. The minimum Gasteiger partial charge on any atom is -0.508 e. The van der Waals surface area contributed by atoms with Gasteiger partial charge in [-0.2, -0.15) is 0 Å². The number of amidine groups is 1. The van der Waals surface area contributed by atoms with Gasteiger partial charge in [-0.05, 0) is 24.3 Å². The Bertz CT molecular complexity index is 990. The fourth-order valence-electron chi connectivity index (χ4n) is 3.66. The maximum atomic E-state index is 9.89. The quantitative estimate of drug-likeness (QED) is 0.618. The molecule has 2 aromatic carbocycles. The van der Waals surface area contributed by atoms with Crippen LogP contribution in [0.25, 0.3) is 0 Å². The van der Waals surface area contributed by atoms with E-state index in [2.05, 4.69) is 56.2 Å². The molecule has 1 aromatic heterocycles. The monoisotopic (exact) mass is 376 g/mol. The van der Waals surface area contributed by atoms with E-state index >= 15 is 0 Å². The molecule has 1 fully saturated rings. The Balaban J connectivity index is 1.45. The number of nitrogens with one attached hydrogen (secondary N) is 1. The van der Waals surface area contributed by atoms with Gasteiger partial charge >= 0.3 is 0 Å². The van der Waals surface area contributed by atoms with Crippen LogP contribution in [0.5, 0.6) is 5.75 Å². The van der Waals surface area contributed by atoms with Crippen molar-refractivity contribution in [1.82, 2.24) is 4.90 Å². The molecule has 5 nitrogen and oxygen atoms in total. The average molecular weight is 376 g/mol. The van der Waals surface area contributed by atoms with Crippen molar-refractivity contribution in [1.29, 1.82) is 0 Å². The Kier molecular flexibility index (Phi) is 3.98. The van der Waals surface area contributed by atoms with E-state index in [1.807, 2.05) is 6.07 Å². The predicted molar refractivity (Wildman–Crippen MR) is 112 cm³/mol. The van der Waals surface area contributed by atoms with Gasteiger partial charge < -0.3 is 20.2 Å². The highest BCUT2D eigenvalue weighted by Crippen LogP contribution is 2.38. The van der Waals surface area contributed by atoms with Gasteiger partial charge in [-0.25, -0.2) is 4.99 Å². The molecule has 3 heterocycles. The molecule has 2 aliphatic heterocycles. The van der Waals surface area contributed by atoms with E-state index in [-0.39, 0.29) is 5.75 Å². The van der Waals surface area contributed by atoms with Crippen molar-refractivity contribution in [3.8, 4) is 5.75 Å². The summed E-state index contributed by atoms with van der Waals surface area (Å²) >= 11 is 1.68. The van der Waals surface area contributed by atoms with Gasteiger partial charge in [-0.15, -0.1) is 11.3 Å². The van der Waals surface area contributed by atoms with Crippen LogP contribution in [0.2, 0.25) is 0 Å². The minimum atomic E-state index is 0.233. The molecule has 0 bridgehead atoms. The Morgan fingerprint density at radius 2 is 1.67 bits per heavy atom. The van der Waals surface area contributed by atoms with Crippen LogP contribution in [0.3, 0.4) is 0 Å². The number of hydrogen-bond donors (Lipinski definition) is 2. The molecular weight excluding hydrogens is 356 g/mol. The molecule has 0 radical (unpaired) electrons. The maximum absolute atomic E-state index is 9.89. The predicted octanol–water partition coefficient (Wildman–Crippen LogP) is 4.41. The summed E-state index contributed by atoms with van der Waals surface area (Å²) in [5.74, 6) is 1.22. The number of aliphatic imine (C=N–C) groups is 1. The molecule has 136 valence electrons. The molecule has 3 aromatic rings. The van der Waals surface area contributed by atoms with Crippen molar-refractivity contribution in [2.24, 2.45) is 4.99 Å². The minimum absolute atomic E-state index is 0.233. The van der Waals surface area contributed by atoms with E-state index in [9.17, 15) is 5.11 Å². The third kappa shape index (κ3) is 3.02. The first kappa shape index (κ1) is 16.2. The van der Waals surface area contributed by atoms with Crippen molar-refractivity contribution >= 4 is 39.9 Å². The molecule has 0 saturated carbocycles. The molecule has 6 heteroatoms. The fraction of sp³-hybridized carbons (Fsp3) is 0.190. The third-order valence-corrected chi connectivity index (χ3v) is 5.82. The lowest BCUT2D eigenvalue weighted by molar-refractivity contribution is 0.387. The third-order valence-electron chi connectivity index (χ3n) is 5.08. The number of phenolic OH excluding ortho intramolecular Hbond substituents is 1. The first-order valence-corrected chi connectivity index (χ1v) is 10.0. The summed E-state index contributed by atoms with van der Waals surface area (Å²) in [5.41, 5.74) is 5.17. The molecule has 2 N–H and O–H groups in total. The molecule has 27 heavy (non-hydrogen) atoms. The zero-order valence-electron chi connectivity index (χ0n) is 14.8. The second kappa shape index (κ2) is 6.63. The second-order valence-corrected chi connectivity index (χ2v) is 7.51. The molecule has 0 amide bonds. The van der Waals surface area contributed by atoms with E-state index in [1.54, 1.807) is 23.5 Å². The molecule has 1 saturated heterocycles. The summed E-state index contributed by atoms with van der Waals surface area (Å²) in [6, 6.07) is 15.9. The van der Waals surface area contributed by atoms with Crippen molar-refractivity contribution in [2.45, 2.75) is 0 Å². The highest BCUT2D eigenvalue weighted by Gasteiger charge is 2.25. The van der Waals surface area contributed by atoms with Crippen molar-refractivity contribution < 1.29 is 5.11 Å². The van der Waals surface area contributed by atoms with E-state index in [4.69, 9.17) is 4.99 Å². The SMILES string of the molecule is Oc1ccc2c(c1)N=C(N1CCN(c3ccccc3)CC1)c1cscc1N2. The van der Waals surface area contributed by atoms with Crippen LogP contribution < -0.4 is 10.2 Å². The van der Waals surface area contributed by atoms with Gasteiger partial charge in [0, 0.05) is 48.7 Å². The highest BCUT2D eigenvalue weighted by molar-refractivity contribution is 7.08. The number of benzene rings is 2. The van der Waals surface area contributed by atoms with E-state index in [0.29, 0.717) is 0 Å². The van der Waals surface area contributed by atoms with E-state index in [0.717, 1.165) is 54.6 Å². The Labute approximate surface area is 162 Å². The molecule has 0 unspecified atom stereocenters. The number of thiophene rings is 1. The Hall–Kier alpha value is -2.99. The lowest BCUT2D eigenvalue weighted by atomic mass is 10.2. The Morgan fingerprint density at radius 3 is 2.48 bits per heavy atom. The summed E-state index contributed by atoms with van der Waals surface area (Å²) in [6.07, 6.45) is 0. The van der Waals surface area contributed by atoms with Crippen LogP contribution in [-0.4, -0.2) is 42.0 Å². The lowest BCUT2D eigenvalue weighted by Crippen LogP contribution is -2.49. The van der Waals surface area contributed by atoms with Gasteiger partial charge in [0.25, 0.3) is 0 Å². The average Bonchev–Trinajstić information content (AvgIpc) is 3.11. The zero-order valence-corrected chi connectivity index (χ0v) is 15.6. The van der Waals surface area contributed by atoms with Gasteiger partial charge in [0.15, 0.2) is 0 Å². The topological polar surface area (TPSA) is 51.1 Å². The first-order valence-electron chi connectivity index (χ1n) is 9.08. The fourth-order valence-corrected chi connectivity index (χ4v) is 4.42. The highest BCUT2D eigenvalue weighted by atomic mass is 32.1. The number of aromatic hydroxyl groups is 1. The van der Waals surface area contributed by atoms with Crippen molar-refractivity contribution in [3.63, 3.8) is 0 Å². The first-order chi connectivity index (χ1) is 13.3. The number of rotatable bonds is 1. The summed E-state index contributed by atoms with van der Waals surface area (Å²) in [7, 11) is 0. The number of fused-ring (bicyclic) bond motifs is 2. The van der Waals surface area contributed by atoms with Crippen LogP contribution in [0.4, 0.5) is 22.7 Å². The molecule has 0 atom stereocenters. The van der Waals surface area contributed by atoms with Crippen molar-refractivity contribution in [2.75, 3.05) is 36.4 Å². The second-order valence-electron chi connectivity index (χ2n) is 6.77. The normalized spacial score (nSPS) is 16.1. The largest absolute Gasteiger partial charge is 0.508 e. The maximum Gasteiger partial charge on any atom is 0.139 e. The lowest BCUT2D eigenvalue weighted by Gasteiger charge is -2.37. The van der Waals surface area contributed by atoms with Gasteiger partial charge in [-0.3, -0.25) is 0 Å². The van der Waals surface area contributed by atoms with Gasteiger partial charge in [-0.1, -0.05) is 18.2 Å². The summed E-state index contributed by atoms with van der Waals surface area (Å²) in [5, 5.41) is 17.6. The zero-order chi connectivity index (χ0) is 18.2. The van der Waals surface area contributed by atoms with Crippen LogP contribution >= 0.6 is 11.3 Å². The molecular formula is C21H20N4OS. The summed E-state index contributed by atoms with van der Waals surface area (Å²) < 4.78 is 0. The molecule has 0 aliphatic carbocycles. The number of para-hydroxylation sites is 1. The van der Waals surface area contributed by atoms with Gasteiger partial charge in [0.2, 0.25) is 0 Å². The molecule has 5 rings (SSSR count). The molecule has 0 spiro atoms.